The highest BCUT2D eigenvalue weighted by Gasteiger charge is 2.13. The molecule has 0 saturated heterocycles. The number of halogens is 1. The molecule has 0 unspecified atom stereocenters. The van der Waals surface area contributed by atoms with Crippen LogP contribution in [0.1, 0.15) is 18.4 Å². The Bertz CT molecular complexity index is 301. The van der Waals surface area contributed by atoms with Crippen molar-refractivity contribution in [1.82, 2.24) is 4.98 Å². The van der Waals surface area contributed by atoms with Crippen LogP contribution in [0.5, 0.6) is 0 Å². The van der Waals surface area contributed by atoms with Crippen molar-refractivity contribution < 1.29 is 9.90 Å². The van der Waals surface area contributed by atoms with Crippen LogP contribution >= 0.6 is 11.6 Å². The smallest absolute Gasteiger partial charge is 0.310 e. The first kappa shape index (κ1) is 9.00. The summed E-state index contributed by atoms with van der Waals surface area (Å²) in [6, 6.07) is 3.20. The normalized spacial score (nSPS) is 12.5. The largest absolute Gasteiger partial charge is 0.481 e. The third-order valence-corrected chi connectivity index (χ3v) is 1.83. The average molecular weight is 186 g/mol. The van der Waals surface area contributed by atoms with Crippen LogP contribution in [0.25, 0.3) is 0 Å². The molecule has 0 fully saturated rings. The molecule has 0 bridgehead atoms. The first-order chi connectivity index (χ1) is 5.61. The van der Waals surface area contributed by atoms with E-state index >= 15 is 0 Å². The summed E-state index contributed by atoms with van der Waals surface area (Å²) in [4.78, 5) is 14.3. The average Bonchev–Trinajstić information content (AvgIpc) is 2.03. The molecule has 12 heavy (non-hydrogen) atoms. The minimum atomic E-state index is -0.864. The molecule has 0 aliphatic carbocycles. The Kier molecular flexibility index (Phi) is 2.65. The molecule has 64 valence electrons. The van der Waals surface area contributed by atoms with E-state index in [9.17, 15) is 4.79 Å². The maximum atomic E-state index is 10.5. The second-order valence-electron chi connectivity index (χ2n) is 2.47. The fraction of sp³-hybridized carbons (Fsp3) is 0.250. The maximum Gasteiger partial charge on any atom is 0.310 e. The molecule has 0 aliphatic rings. The third-order valence-electron chi connectivity index (χ3n) is 1.62. The zero-order valence-electron chi connectivity index (χ0n) is 6.49. The highest BCUT2D eigenvalue weighted by atomic mass is 35.5. The Balaban J connectivity index is 2.95. The standard InChI is InChI=1S/C8H8ClNO2/c1-5(8(11)12)6-2-3-10-7(9)4-6/h2-5H,1H3,(H,11,12)/t5-/m1/s1. The van der Waals surface area contributed by atoms with Crippen LogP contribution in [0.3, 0.4) is 0 Å². The number of carboxylic acid groups (broad SMARTS) is 1. The molecular formula is C8H8ClNO2. The van der Waals surface area contributed by atoms with Crippen molar-refractivity contribution in [3.05, 3.63) is 29.0 Å². The van der Waals surface area contributed by atoms with Gasteiger partial charge < -0.3 is 5.11 Å². The molecule has 1 aromatic heterocycles. The number of hydrogen-bond donors (Lipinski definition) is 1. The zero-order chi connectivity index (χ0) is 9.14. The Labute approximate surface area is 75.0 Å². The van der Waals surface area contributed by atoms with Crippen LogP contribution < -0.4 is 0 Å². The van der Waals surface area contributed by atoms with E-state index in [0.29, 0.717) is 10.7 Å². The Morgan fingerprint density at radius 1 is 1.75 bits per heavy atom. The first-order valence-corrected chi connectivity index (χ1v) is 3.83. The number of hydrogen-bond acceptors (Lipinski definition) is 2. The van der Waals surface area contributed by atoms with E-state index in [1.165, 1.54) is 6.20 Å². The van der Waals surface area contributed by atoms with Gasteiger partial charge in [0.15, 0.2) is 0 Å². The molecule has 0 aromatic carbocycles. The molecule has 4 heteroatoms. The van der Waals surface area contributed by atoms with Gasteiger partial charge in [-0.25, -0.2) is 4.98 Å². The van der Waals surface area contributed by atoms with Crippen LogP contribution in [0.2, 0.25) is 5.15 Å². The number of pyridine rings is 1. The molecule has 1 N–H and O–H groups in total. The van der Waals surface area contributed by atoms with Crippen LogP contribution in [-0.4, -0.2) is 16.1 Å². The number of carboxylic acids is 1. The van der Waals surface area contributed by atoms with Gasteiger partial charge in [-0.05, 0) is 24.6 Å². The topological polar surface area (TPSA) is 50.2 Å². The van der Waals surface area contributed by atoms with Gasteiger partial charge in [-0.1, -0.05) is 11.6 Å². The summed E-state index contributed by atoms with van der Waals surface area (Å²) >= 11 is 5.59. The number of rotatable bonds is 2. The van der Waals surface area contributed by atoms with Gasteiger partial charge >= 0.3 is 5.97 Å². The van der Waals surface area contributed by atoms with Crippen LogP contribution in [0.4, 0.5) is 0 Å². The third kappa shape index (κ3) is 1.95. The Morgan fingerprint density at radius 2 is 2.42 bits per heavy atom. The predicted octanol–water partition coefficient (Wildman–Crippen LogP) is 1.92. The molecule has 0 spiro atoms. The van der Waals surface area contributed by atoms with Crippen LogP contribution in [-0.2, 0) is 4.79 Å². The first-order valence-electron chi connectivity index (χ1n) is 3.45. The molecule has 1 rings (SSSR count). The molecule has 0 aliphatic heterocycles. The van der Waals surface area contributed by atoms with Crippen molar-refractivity contribution in [3.8, 4) is 0 Å². The molecule has 0 saturated carbocycles. The summed E-state index contributed by atoms with van der Waals surface area (Å²) in [7, 11) is 0. The van der Waals surface area contributed by atoms with Crippen molar-refractivity contribution in [2.24, 2.45) is 0 Å². The highest BCUT2D eigenvalue weighted by molar-refractivity contribution is 6.29. The van der Waals surface area contributed by atoms with Crippen molar-refractivity contribution in [2.75, 3.05) is 0 Å². The van der Waals surface area contributed by atoms with Gasteiger partial charge in [0, 0.05) is 6.20 Å². The van der Waals surface area contributed by atoms with Crippen molar-refractivity contribution >= 4 is 17.6 Å². The van der Waals surface area contributed by atoms with Gasteiger partial charge in [0.05, 0.1) is 5.92 Å². The van der Waals surface area contributed by atoms with Gasteiger partial charge in [0.25, 0.3) is 0 Å². The zero-order valence-corrected chi connectivity index (χ0v) is 7.25. The molecule has 1 heterocycles. The molecule has 0 radical (unpaired) electrons. The maximum absolute atomic E-state index is 10.5. The van der Waals surface area contributed by atoms with E-state index in [2.05, 4.69) is 4.98 Å². The Hall–Kier alpha value is -1.09. The molecule has 1 aromatic rings. The summed E-state index contributed by atoms with van der Waals surface area (Å²) in [5.74, 6) is -1.40. The summed E-state index contributed by atoms with van der Waals surface area (Å²) in [5.41, 5.74) is 0.669. The number of aromatic nitrogens is 1. The van der Waals surface area contributed by atoms with Gasteiger partial charge in [0.2, 0.25) is 0 Å². The molecule has 0 amide bonds. The number of carbonyl (C=O) groups is 1. The van der Waals surface area contributed by atoms with E-state index in [-0.39, 0.29) is 0 Å². The van der Waals surface area contributed by atoms with E-state index in [0.717, 1.165) is 0 Å². The lowest BCUT2D eigenvalue weighted by Crippen LogP contribution is -2.07. The summed E-state index contributed by atoms with van der Waals surface area (Å²) in [5, 5.41) is 8.98. The fourth-order valence-corrected chi connectivity index (χ4v) is 1.01. The van der Waals surface area contributed by atoms with Gasteiger partial charge in [-0.2, -0.15) is 0 Å². The number of nitrogens with zero attached hydrogens (tertiary/aromatic N) is 1. The molecular weight excluding hydrogens is 178 g/mol. The van der Waals surface area contributed by atoms with Gasteiger partial charge in [0.1, 0.15) is 5.15 Å². The number of aliphatic carboxylic acids is 1. The van der Waals surface area contributed by atoms with Crippen LogP contribution in [0.15, 0.2) is 18.3 Å². The second kappa shape index (κ2) is 3.54. The highest BCUT2D eigenvalue weighted by Crippen LogP contribution is 2.17. The Morgan fingerprint density at radius 3 is 2.92 bits per heavy atom. The lowest BCUT2D eigenvalue weighted by Gasteiger charge is -2.05. The van der Waals surface area contributed by atoms with Crippen molar-refractivity contribution in [2.45, 2.75) is 12.8 Å². The van der Waals surface area contributed by atoms with Crippen molar-refractivity contribution in [1.29, 1.82) is 0 Å². The minimum absolute atomic E-state index is 0.320. The fourth-order valence-electron chi connectivity index (χ4n) is 0.829. The monoisotopic (exact) mass is 185 g/mol. The van der Waals surface area contributed by atoms with E-state index in [4.69, 9.17) is 16.7 Å². The predicted molar refractivity (Wildman–Crippen MR) is 45.3 cm³/mol. The minimum Gasteiger partial charge on any atom is -0.481 e. The second-order valence-corrected chi connectivity index (χ2v) is 2.86. The molecule has 1 atom stereocenters. The summed E-state index contributed by atoms with van der Waals surface area (Å²) in [6.07, 6.45) is 1.50. The summed E-state index contributed by atoms with van der Waals surface area (Å²) in [6.45, 7) is 1.61. The van der Waals surface area contributed by atoms with E-state index < -0.39 is 11.9 Å². The lowest BCUT2D eigenvalue weighted by atomic mass is 10.0. The van der Waals surface area contributed by atoms with E-state index in [1.54, 1.807) is 19.1 Å². The SMILES string of the molecule is C[C@@H](C(=O)O)c1ccnc(Cl)c1. The summed E-state index contributed by atoms with van der Waals surface area (Å²) < 4.78 is 0. The lowest BCUT2D eigenvalue weighted by molar-refractivity contribution is -0.138. The van der Waals surface area contributed by atoms with Gasteiger partial charge in [-0.15, -0.1) is 0 Å². The van der Waals surface area contributed by atoms with Gasteiger partial charge in [-0.3, -0.25) is 4.79 Å². The molecule has 3 nitrogen and oxygen atoms in total. The van der Waals surface area contributed by atoms with E-state index in [1.807, 2.05) is 0 Å². The van der Waals surface area contributed by atoms with Crippen LogP contribution in [0, 0.1) is 0 Å². The van der Waals surface area contributed by atoms with Crippen molar-refractivity contribution in [3.63, 3.8) is 0 Å². The quantitative estimate of drug-likeness (QED) is 0.717.